The number of amides is 4. The number of imide groups is 1. The average molecular weight is 946 g/mol. The summed E-state index contributed by atoms with van der Waals surface area (Å²) in [7, 11) is 1.60. The second-order valence-electron chi connectivity index (χ2n) is 20.4. The number of rotatable bonds is 8. The van der Waals surface area contributed by atoms with E-state index in [1.54, 1.807) is 30.2 Å². The van der Waals surface area contributed by atoms with Gasteiger partial charge in [-0.05, 0) is 109 Å². The Morgan fingerprint density at radius 3 is 2.64 bits per heavy atom. The van der Waals surface area contributed by atoms with Crippen molar-refractivity contribution in [1.82, 2.24) is 15.5 Å². The molecule has 1 unspecified atom stereocenters. The number of nitrogens with one attached hydrogen (secondary N) is 4. The molecule has 4 aromatic rings. The molecule has 8 atom stereocenters. The summed E-state index contributed by atoms with van der Waals surface area (Å²) in [5.41, 5.74) is 5.14. The largest absolute Gasteiger partial charge is 0.494 e. The van der Waals surface area contributed by atoms with Crippen LogP contribution < -0.4 is 30.9 Å². The number of fused-ring (bicyclic) bond motifs is 3. The van der Waals surface area contributed by atoms with Crippen molar-refractivity contribution in [3.05, 3.63) is 116 Å². The Bertz CT molecular complexity index is 2770. The zero-order valence-electron chi connectivity index (χ0n) is 38.1. The summed E-state index contributed by atoms with van der Waals surface area (Å²) in [4.78, 5) is 56.5. The highest BCUT2D eigenvalue weighted by Gasteiger charge is 2.61. The van der Waals surface area contributed by atoms with Crippen LogP contribution in [0.4, 0.5) is 21.5 Å². The number of carbonyl (C=O) groups excluding carboxylic acids is 4. The number of anilines is 3. The third-order valence-corrected chi connectivity index (χ3v) is 15.6. The molecule has 10 rings (SSSR count). The molecular formula is C53H55Cl2FN6O5. The fourth-order valence-corrected chi connectivity index (χ4v) is 12.2. The van der Waals surface area contributed by atoms with Crippen LogP contribution in [0.3, 0.4) is 0 Å². The van der Waals surface area contributed by atoms with E-state index in [2.05, 4.69) is 58.8 Å². The second kappa shape index (κ2) is 17.5. The SMILES string of the molecule is COc1cc(N2CCC[C@@H]([C@@H]3C[C@@H]3C#Cc3cccc4c3CN(C3CCC(=O)NC3=O)C4=O)C2)ccc1NC(=O)[C@@H]1N[C@@H](CC(C)(C)C)[C@@]2(CNc3cc(Cl)ccc32)[C@H]1c1cccc(Cl)c1F. The summed E-state index contributed by atoms with van der Waals surface area (Å²) in [5.74, 6) is 6.21. The molecule has 4 amide bonds. The first kappa shape index (κ1) is 45.2. The van der Waals surface area contributed by atoms with Crippen molar-refractivity contribution in [3.63, 3.8) is 0 Å². The zero-order chi connectivity index (χ0) is 46.9. The molecule has 348 valence electrons. The molecule has 3 saturated heterocycles. The van der Waals surface area contributed by atoms with E-state index >= 15 is 4.39 Å². The lowest BCUT2D eigenvalue weighted by molar-refractivity contribution is -0.137. The molecule has 5 aliphatic heterocycles. The number of benzene rings is 4. The number of methoxy groups -OCH3 is 1. The molecule has 11 nitrogen and oxygen atoms in total. The summed E-state index contributed by atoms with van der Waals surface area (Å²) in [6.07, 6.45) is 4.39. The minimum atomic E-state index is -0.830. The highest BCUT2D eigenvalue weighted by atomic mass is 35.5. The lowest BCUT2D eigenvalue weighted by Crippen LogP contribution is -2.52. The Labute approximate surface area is 400 Å². The molecule has 4 aromatic carbocycles. The maximum absolute atomic E-state index is 16.4. The summed E-state index contributed by atoms with van der Waals surface area (Å²) >= 11 is 13.0. The van der Waals surface area contributed by atoms with E-state index in [1.165, 1.54) is 6.07 Å². The van der Waals surface area contributed by atoms with Gasteiger partial charge in [0.1, 0.15) is 17.6 Å². The van der Waals surface area contributed by atoms with Gasteiger partial charge in [-0.15, -0.1) is 0 Å². The van der Waals surface area contributed by atoms with E-state index < -0.39 is 35.1 Å². The first-order valence-corrected chi connectivity index (χ1v) is 24.1. The van der Waals surface area contributed by atoms with Gasteiger partial charge in [0.15, 0.2) is 0 Å². The molecule has 0 radical (unpaired) electrons. The van der Waals surface area contributed by atoms with Crippen LogP contribution in [0.25, 0.3) is 0 Å². The average Bonchev–Trinajstić information content (AvgIpc) is 3.74. The lowest BCUT2D eigenvalue weighted by Gasteiger charge is -2.39. The van der Waals surface area contributed by atoms with Gasteiger partial charge < -0.3 is 30.5 Å². The highest BCUT2D eigenvalue weighted by Crippen LogP contribution is 2.57. The normalized spacial score (nSPS) is 27.5. The highest BCUT2D eigenvalue weighted by molar-refractivity contribution is 6.31. The molecule has 6 aliphatic rings. The number of hydrogen-bond acceptors (Lipinski definition) is 8. The Morgan fingerprint density at radius 1 is 1.03 bits per heavy atom. The van der Waals surface area contributed by atoms with E-state index in [0.717, 1.165) is 60.4 Å². The predicted octanol–water partition coefficient (Wildman–Crippen LogP) is 8.67. The van der Waals surface area contributed by atoms with Gasteiger partial charge in [0.2, 0.25) is 17.7 Å². The smallest absolute Gasteiger partial charge is 0.255 e. The zero-order valence-corrected chi connectivity index (χ0v) is 39.6. The van der Waals surface area contributed by atoms with E-state index in [-0.39, 0.29) is 46.5 Å². The van der Waals surface area contributed by atoms with Crippen LogP contribution >= 0.6 is 23.2 Å². The Hall–Kier alpha value is -5.61. The molecule has 0 bridgehead atoms. The van der Waals surface area contributed by atoms with Crippen LogP contribution in [0.2, 0.25) is 10.0 Å². The molecule has 4 N–H and O–H groups in total. The number of carbonyl (C=O) groups is 4. The minimum Gasteiger partial charge on any atom is -0.494 e. The topological polar surface area (TPSA) is 132 Å². The van der Waals surface area contributed by atoms with Crippen LogP contribution in [0, 0.1) is 40.8 Å². The first-order valence-electron chi connectivity index (χ1n) is 23.4. The van der Waals surface area contributed by atoms with Crippen molar-refractivity contribution in [1.29, 1.82) is 0 Å². The van der Waals surface area contributed by atoms with Crippen molar-refractivity contribution < 1.29 is 28.3 Å². The Balaban J connectivity index is 0.851. The monoisotopic (exact) mass is 944 g/mol. The molecular weight excluding hydrogens is 891 g/mol. The molecule has 1 aliphatic carbocycles. The van der Waals surface area contributed by atoms with E-state index in [0.29, 0.717) is 65.4 Å². The molecule has 14 heteroatoms. The van der Waals surface area contributed by atoms with Gasteiger partial charge in [-0.1, -0.05) is 80.1 Å². The molecule has 67 heavy (non-hydrogen) atoms. The fraction of sp³-hybridized carbons (Fsp3) is 0.434. The van der Waals surface area contributed by atoms with Crippen LogP contribution in [0.1, 0.15) is 97.8 Å². The van der Waals surface area contributed by atoms with Gasteiger partial charge in [0, 0.05) is 89.5 Å². The van der Waals surface area contributed by atoms with E-state index in [9.17, 15) is 19.2 Å². The molecule has 0 aromatic heterocycles. The Morgan fingerprint density at radius 2 is 1.85 bits per heavy atom. The number of hydrogen-bond donors (Lipinski definition) is 4. The quantitative estimate of drug-likeness (QED) is 0.102. The van der Waals surface area contributed by atoms with Crippen molar-refractivity contribution in [2.24, 2.45) is 23.2 Å². The maximum Gasteiger partial charge on any atom is 0.255 e. The van der Waals surface area contributed by atoms with Gasteiger partial charge in [0.25, 0.3) is 5.91 Å². The number of nitrogens with zero attached hydrogens (tertiary/aromatic N) is 2. The number of ether oxygens (including phenoxy) is 1. The molecule has 4 fully saturated rings. The van der Waals surface area contributed by atoms with Gasteiger partial charge >= 0.3 is 0 Å². The number of halogens is 3. The summed E-state index contributed by atoms with van der Waals surface area (Å²) in [6, 6.07) is 20.6. The summed E-state index contributed by atoms with van der Waals surface area (Å²) in [6.45, 7) is 9.05. The van der Waals surface area contributed by atoms with Crippen LogP contribution in [0.15, 0.2) is 72.8 Å². The molecule has 5 heterocycles. The van der Waals surface area contributed by atoms with E-state index in [1.807, 2.05) is 48.5 Å². The minimum absolute atomic E-state index is 0.00566. The third kappa shape index (κ3) is 8.31. The fourth-order valence-electron chi connectivity index (χ4n) is 11.8. The molecule has 1 saturated carbocycles. The first-order chi connectivity index (χ1) is 32.1. The maximum atomic E-state index is 16.4. The van der Waals surface area contributed by atoms with Crippen molar-refractivity contribution >= 4 is 63.9 Å². The van der Waals surface area contributed by atoms with E-state index in [4.69, 9.17) is 27.9 Å². The number of piperidine rings is 2. The van der Waals surface area contributed by atoms with Gasteiger partial charge in [-0.3, -0.25) is 24.5 Å². The second-order valence-corrected chi connectivity index (χ2v) is 21.2. The van der Waals surface area contributed by atoms with Crippen LogP contribution in [-0.2, 0) is 26.3 Å². The van der Waals surface area contributed by atoms with Crippen molar-refractivity contribution in [2.75, 3.05) is 42.3 Å². The third-order valence-electron chi connectivity index (χ3n) is 15.0. The predicted molar refractivity (Wildman–Crippen MR) is 258 cm³/mol. The molecule has 1 spiro atoms. The van der Waals surface area contributed by atoms with Gasteiger partial charge in [0.05, 0.1) is 23.9 Å². The standard InChI is InChI=1S/C53H55Cl2FN6O5/c1-52(2,3)25-44-53(28-57-41-23-32(54)15-17-38(41)53)46(35-11-6-12-39(55)47(35)56)48(59-44)50(65)58-40-18-16-33(24-43(40)67-4)61-21-7-9-31(26-61)36-22-30(36)14-13-29-8-5-10-34-37(29)27-62(51(34)66)42-19-20-45(63)60-49(42)64/h5-6,8,10-12,15-18,23-24,30-31,36,42,44,46,48,57,59H,7,9,19-22,25-28H2,1-4H3,(H,58,65)(H,60,63,64)/t30-,31+,36+,42?,44-,46-,48+,53-/m0/s1. The lowest BCUT2D eigenvalue weighted by atomic mass is 9.63. The van der Waals surface area contributed by atoms with Crippen LogP contribution in [-0.4, -0.2) is 73.4 Å². The Kier molecular flexibility index (Phi) is 11.8. The van der Waals surface area contributed by atoms with Gasteiger partial charge in [-0.2, -0.15) is 0 Å². The van der Waals surface area contributed by atoms with Gasteiger partial charge in [-0.25, -0.2) is 4.39 Å². The van der Waals surface area contributed by atoms with Crippen molar-refractivity contribution in [2.45, 2.75) is 95.3 Å². The summed E-state index contributed by atoms with van der Waals surface area (Å²) in [5, 5.41) is 13.5. The summed E-state index contributed by atoms with van der Waals surface area (Å²) < 4.78 is 22.3. The van der Waals surface area contributed by atoms with Crippen LogP contribution in [0.5, 0.6) is 5.75 Å². The van der Waals surface area contributed by atoms with Crippen molar-refractivity contribution in [3.8, 4) is 17.6 Å².